The number of primary amides is 1. The van der Waals surface area contributed by atoms with E-state index in [-0.39, 0.29) is 18.7 Å². The average molecular weight is 424 g/mol. The summed E-state index contributed by atoms with van der Waals surface area (Å²) in [5, 5.41) is 16.1. The Hall–Kier alpha value is -1.99. The van der Waals surface area contributed by atoms with Crippen LogP contribution in [0.3, 0.4) is 0 Å². The van der Waals surface area contributed by atoms with Gasteiger partial charge in [-0.15, -0.1) is 0 Å². The van der Waals surface area contributed by atoms with Crippen LogP contribution in [0.2, 0.25) is 0 Å². The van der Waals surface area contributed by atoms with Gasteiger partial charge in [0.25, 0.3) is 0 Å². The summed E-state index contributed by atoms with van der Waals surface area (Å²) >= 11 is 5.40. The lowest BCUT2D eigenvalue weighted by molar-refractivity contribution is -0.143. The summed E-state index contributed by atoms with van der Waals surface area (Å²) in [6, 6.07) is -3.60. The van der Waals surface area contributed by atoms with Crippen molar-refractivity contribution >= 4 is 54.0 Å². The molecule has 0 radical (unpaired) electrons. The van der Waals surface area contributed by atoms with E-state index in [1.165, 1.54) is 11.8 Å². The third-order valence-corrected chi connectivity index (χ3v) is 4.29. The molecule has 27 heavy (non-hydrogen) atoms. The molecule has 4 amide bonds. The van der Waals surface area contributed by atoms with E-state index < -0.39 is 54.1 Å². The predicted molar refractivity (Wildman–Crippen MR) is 103 cm³/mol. The third kappa shape index (κ3) is 10.1. The molecule has 0 aromatic heterocycles. The summed E-state index contributed by atoms with van der Waals surface area (Å²) in [5.74, 6) is -3.89. The fourth-order valence-electron chi connectivity index (χ4n) is 1.90. The molecule has 13 heteroatoms. The lowest BCUT2D eigenvalue weighted by Gasteiger charge is -2.23. The van der Waals surface area contributed by atoms with Crippen LogP contribution < -0.4 is 27.4 Å². The van der Waals surface area contributed by atoms with Gasteiger partial charge in [0.1, 0.15) is 18.1 Å². The van der Waals surface area contributed by atoms with Crippen molar-refractivity contribution in [3.8, 4) is 0 Å². The molecule has 0 bridgehead atoms. The molecule has 3 atom stereocenters. The number of thioether (sulfide) groups is 1. The molecule has 154 valence electrons. The molecule has 0 aliphatic carbocycles. The molecule has 0 aromatic carbocycles. The van der Waals surface area contributed by atoms with Crippen molar-refractivity contribution in [1.82, 2.24) is 16.0 Å². The third-order valence-electron chi connectivity index (χ3n) is 3.28. The van der Waals surface area contributed by atoms with Crippen LogP contribution in [-0.2, 0) is 24.0 Å². The van der Waals surface area contributed by atoms with Crippen LogP contribution in [0.15, 0.2) is 0 Å². The molecule has 0 saturated carbocycles. The summed E-state index contributed by atoms with van der Waals surface area (Å²) in [7, 11) is 0. The lowest BCUT2D eigenvalue weighted by Crippen LogP contribution is -2.57. The molecular weight excluding hydrogens is 398 g/mol. The van der Waals surface area contributed by atoms with Crippen molar-refractivity contribution in [2.24, 2.45) is 11.5 Å². The number of rotatable bonds is 13. The normalized spacial score (nSPS) is 13.7. The van der Waals surface area contributed by atoms with Crippen molar-refractivity contribution in [3.63, 3.8) is 0 Å². The average Bonchev–Trinajstić information content (AvgIpc) is 2.61. The number of nitrogens with two attached hydrogens (primary N) is 2. The summed E-state index contributed by atoms with van der Waals surface area (Å²) in [4.78, 5) is 58.2. The number of aliphatic carboxylic acids is 1. The number of thiol groups is 1. The first kappa shape index (κ1) is 25.0. The number of hydrogen-bond acceptors (Lipinski definition) is 8. The Bertz CT molecular complexity index is 562. The summed E-state index contributed by atoms with van der Waals surface area (Å²) in [6.45, 7) is -0.318. The lowest BCUT2D eigenvalue weighted by atomic mass is 10.1. The monoisotopic (exact) mass is 423 g/mol. The van der Waals surface area contributed by atoms with Crippen LogP contribution >= 0.6 is 24.4 Å². The topological polar surface area (TPSA) is 194 Å². The maximum absolute atomic E-state index is 12.4. The zero-order valence-corrected chi connectivity index (χ0v) is 16.5. The highest BCUT2D eigenvalue weighted by Crippen LogP contribution is 2.04. The minimum absolute atomic E-state index is 0.0339. The molecule has 0 aliphatic rings. The fourth-order valence-corrected chi connectivity index (χ4v) is 2.63. The van der Waals surface area contributed by atoms with E-state index in [1.54, 1.807) is 6.26 Å². The number of carbonyl (C=O) groups excluding carboxylic acids is 4. The summed E-state index contributed by atoms with van der Waals surface area (Å²) in [6.07, 6.45) is 1.41. The Balaban J connectivity index is 5.14. The quantitative estimate of drug-likeness (QED) is 0.153. The van der Waals surface area contributed by atoms with Gasteiger partial charge in [-0.25, -0.2) is 4.79 Å². The van der Waals surface area contributed by atoms with Crippen molar-refractivity contribution < 1.29 is 29.1 Å². The van der Waals surface area contributed by atoms with Gasteiger partial charge < -0.3 is 32.5 Å². The van der Waals surface area contributed by atoms with Gasteiger partial charge in [0.15, 0.2) is 0 Å². The molecule has 0 fully saturated rings. The molecule has 8 N–H and O–H groups in total. The SMILES string of the molecule is CSCCC(NC(=O)C(CS)NC(=O)CN)C(=O)NC(CC(N)=O)C(=O)O. The second-order valence-electron chi connectivity index (χ2n) is 5.42. The maximum atomic E-state index is 12.4. The van der Waals surface area contributed by atoms with Crippen LogP contribution in [0.4, 0.5) is 0 Å². The van der Waals surface area contributed by atoms with E-state index in [0.717, 1.165) is 0 Å². The van der Waals surface area contributed by atoms with Gasteiger partial charge in [0.05, 0.1) is 13.0 Å². The summed E-state index contributed by atoms with van der Waals surface area (Å²) in [5.41, 5.74) is 10.2. The number of amides is 4. The molecule has 0 heterocycles. The predicted octanol–water partition coefficient (Wildman–Crippen LogP) is -2.96. The van der Waals surface area contributed by atoms with Crippen molar-refractivity contribution in [2.45, 2.75) is 31.0 Å². The number of carboxylic acids is 1. The van der Waals surface area contributed by atoms with Crippen LogP contribution in [0.1, 0.15) is 12.8 Å². The Morgan fingerprint density at radius 2 is 1.59 bits per heavy atom. The second kappa shape index (κ2) is 13.2. The Kier molecular flexibility index (Phi) is 12.2. The van der Waals surface area contributed by atoms with Crippen molar-refractivity contribution in [1.29, 1.82) is 0 Å². The van der Waals surface area contributed by atoms with E-state index in [4.69, 9.17) is 16.6 Å². The molecule has 0 spiro atoms. The van der Waals surface area contributed by atoms with Crippen molar-refractivity contribution in [2.75, 3.05) is 24.3 Å². The minimum Gasteiger partial charge on any atom is -0.480 e. The molecule has 0 saturated heterocycles. The molecule has 11 nitrogen and oxygen atoms in total. The Labute approximate surface area is 166 Å². The van der Waals surface area contributed by atoms with Gasteiger partial charge in [-0.2, -0.15) is 24.4 Å². The minimum atomic E-state index is -1.51. The maximum Gasteiger partial charge on any atom is 0.326 e. The van der Waals surface area contributed by atoms with Gasteiger partial charge in [-0.1, -0.05) is 0 Å². The number of carboxylic acid groups (broad SMARTS) is 1. The van der Waals surface area contributed by atoms with Crippen LogP contribution in [-0.4, -0.2) is 77.1 Å². The van der Waals surface area contributed by atoms with Gasteiger partial charge >= 0.3 is 5.97 Å². The number of hydrogen-bond donors (Lipinski definition) is 7. The first-order valence-corrected chi connectivity index (χ1v) is 9.89. The fraction of sp³-hybridized carbons (Fsp3) is 0.643. The van der Waals surface area contributed by atoms with Crippen LogP contribution in [0.5, 0.6) is 0 Å². The first-order valence-electron chi connectivity index (χ1n) is 7.87. The molecular formula is C14H25N5O6S2. The van der Waals surface area contributed by atoms with Gasteiger partial charge in [-0.05, 0) is 18.4 Å². The van der Waals surface area contributed by atoms with E-state index in [0.29, 0.717) is 5.75 Å². The zero-order chi connectivity index (χ0) is 21.0. The van der Waals surface area contributed by atoms with Crippen LogP contribution in [0, 0.1) is 0 Å². The van der Waals surface area contributed by atoms with Gasteiger partial charge in [0, 0.05) is 5.75 Å². The number of carbonyl (C=O) groups is 5. The van der Waals surface area contributed by atoms with Gasteiger partial charge in [0.2, 0.25) is 23.6 Å². The zero-order valence-electron chi connectivity index (χ0n) is 14.8. The van der Waals surface area contributed by atoms with Crippen LogP contribution in [0.25, 0.3) is 0 Å². The smallest absolute Gasteiger partial charge is 0.326 e. The highest BCUT2D eigenvalue weighted by Gasteiger charge is 2.29. The standard InChI is InChI=1S/C14H25N5O6S2/c1-27-3-2-7(12(22)19-8(14(24)25)4-10(16)20)18-13(23)9(6-26)17-11(21)5-15/h7-9,26H,2-6,15H2,1H3,(H2,16,20)(H,17,21)(H,18,23)(H,19,22)(H,24,25). The Morgan fingerprint density at radius 3 is 2.04 bits per heavy atom. The van der Waals surface area contributed by atoms with E-state index in [9.17, 15) is 24.0 Å². The second-order valence-corrected chi connectivity index (χ2v) is 6.77. The highest BCUT2D eigenvalue weighted by molar-refractivity contribution is 7.98. The first-order chi connectivity index (χ1) is 12.7. The molecule has 0 rings (SSSR count). The summed E-state index contributed by atoms with van der Waals surface area (Å²) < 4.78 is 0. The van der Waals surface area contributed by atoms with Crippen molar-refractivity contribution in [3.05, 3.63) is 0 Å². The molecule has 3 unspecified atom stereocenters. The van der Waals surface area contributed by atoms with E-state index in [1.807, 2.05) is 0 Å². The molecule has 0 aromatic rings. The van der Waals surface area contributed by atoms with E-state index in [2.05, 4.69) is 28.6 Å². The highest BCUT2D eigenvalue weighted by atomic mass is 32.2. The van der Waals surface area contributed by atoms with E-state index >= 15 is 0 Å². The number of nitrogens with one attached hydrogen (secondary N) is 3. The van der Waals surface area contributed by atoms with Gasteiger partial charge in [-0.3, -0.25) is 19.2 Å². The molecule has 0 aliphatic heterocycles. The largest absolute Gasteiger partial charge is 0.480 e. The Morgan fingerprint density at radius 1 is 1.04 bits per heavy atom.